The van der Waals surface area contributed by atoms with E-state index in [0.29, 0.717) is 16.6 Å². The Morgan fingerprint density at radius 1 is 1.56 bits per heavy atom. The highest BCUT2D eigenvalue weighted by Crippen LogP contribution is 2.26. The van der Waals surface area contributed by atoms with Crippen molar-refractivity contribution >= 4 is 28.6 Å². The van der Waals surface area contributed by atoms with Crippen LogP contribution >= 0.6 is 11.6 Å². The summed E-state index contributed by atoms with van der Waals surface area (Å²) in [5.41, 5.74) is 1.21. The van der Waals surface area contributed by atoms with Crippen LogP contribution in [-0.2, 0) is 11.3 Å². The zero-order chi connectivity index (χ0) is 13.3. The Hall–Kier alpha value is -1.55. The molecule has 96 valence electrons. The zero-order valence-electron chi connectivity index (χ0n) is 10.6. The fourth-order valence-corrected chi connectivity index (χ4v) is 2.20. The van der Waals surface area contributed by atoms with Gasteiger partial charge in [-0.1, -0.05) is 25.4 Å². The number of fused-ring (bicyclic) bond motifs is 1. The molecule has 0 amide bonds. The van der Waals surface area contributed by atoms with Gasteiger partial charge >= 0.3 is 5.97 Å². The van der Waals surface area contributed by atoms with Crippen molar-refractivity contribution in [1.82, 2.24) is 9.55 Å². The number of carbonyl (C=O) groups excluding carboxylic acids is 1. The largest absolute Gasteiger partial charge is 0.465 e. The van der Waals surface area contributed by atoms with Gasteiger partial charge in [-0.15, -0.1) is 0 Å². The van der Waals surface area contributed by atoms with E-state index in [4.69, 9.17) is 16.3 Å². The fourth-order valence-electron chi connectivity index (χ4n) is 1.94. The average Bonchev–Trinajstić information content (AvgIpc) is 2.64. The number of ether oxygens (including phenoxy) is 1. The first-order valence-corrected chi connectivity index (χ1v) is 6.14. The van der Waals surface area contributed by atoms with E-state index in [2.05, 4.69) is 18.8 Å². The molecule has 2 rings (SSSR count). The summed E-state index contributed by atoms with van der Waals surface area (Å²) >= 11 is 6.20. The van der Waals surface area contributed by atoms with Crippen molar-refractivity contribution in [2.45, 2.75) is 20.4 Å². The second-order valence-electron chi connectivity index (χ2n) is 4.56. The van der Waals surface area contributed by atoms with E-state index < -0.39 is 0 Å². The summed E-state index contributed by atoms with van der Waals surface area (Å²) in [6.07, 6.45) is 1.60. The van der Waals surface area contributed by atoms with Crippen LogP contribution < -0.4 is 0 Å². The molecule has 0 unspecified atom stereocenters. The standard InChI is InChI=1S/C13H15ClN2O2/c1-8(2)7-16-11(14)6-10-9(13(17)18-3)4-5-15-12(10)16/h4-6,8H,7H2,1-3H3. The summed E-state index contributed by atoms with van der Waals surface area (Å²) in [5, 5.41) is 1.32. The monoisotopic (exact) mass is 266 g/mol. The van der Waals surface area contributed by atoms with E-state index in [9.17, 15) is 4.79 Å². The van der Waals surface area contributed by atoms with Crippen molar-refractivity contribution in [1.29, 1.82) is 0 Å². The highest BCUT2D eigenvalue weighted by molar-refractivity contribution is 6.31. The first-order chi connectivity index (χ1) is 8.54. The van der Waals surface area contributed by atoms with Crippen molar-refractivity contribution in [2.24, 2.45) is 5.92 Å². The van der Waals surface area contributed by atoms with Crippen LogP contribution in [0.2, 0.25) is 5.15 Å². The van der Waals surface area contributed by atoms with Gasteiger partial charge in [0.25, 0.3) is 0 Å². The number of hydrogen-bond donors (Lipinski definition) is 0. The van der Waals surface area contributed by atoms with Crippen LogP contribution in [0, 0.1) is 5.92 Å². The molecular formula is C13H15ClN2O2. The second-order valence-corrected chi connectivity index (χ2v) is 4.95. The molecule has 2 heterocycles. The summed E-state index contributed by atoms with van der Waals surface area (Å²) in [6, 6.07) is 3.41. The van der Waals surface area contributed by atoms with Crippen molar-refractivity contribution in [3.8, 4) is 0 Å². The van der Waals surface area contributed by atoms with Crippen LogP contribution in [0.3, 0.4) is 0 Å². The first-order valence-electron chi connectivity index (χ1n) is 5.76. The third-order valence-electron chi connectivity index (χ3n) is 2.70. The lowest BCUT2D eigenvalue weighted by molar-refractivity contribution is 0.0603. The summed E-state index contributed by atoms with van der Waals surface area (Å²) in [4.78, 5) is 16.0. The van der Waals surface area contributed by atoms with Gasteiger partial charge in [0.1, 0.15) is 10.8 Å². The van der Waals surface area contributed by atoms with Gasteiger partial charge < -0.3 is 9.30 Å². The van der Waals surface area contributed by atoms with Crippen LogP contribution in [0.1, 0.15) is 24.2 Å². The molecule has 18 heavy (non-hydrogen) atoms. The van der Waals surface area contributed by atoms with Gasteiger partial charge in [-0.25, -0.2) is 9.78 Å². The van der Waals surface area contributed by atoms with E-state index >= 15 is 0 Å². The van der Waals surface area contributed by atoms with Crippen molar-refractivity contribution in [2.75, 3.05) is 7.11 Å². The van der Waals surface area contributed by atoms with Gasteiger partial charge in [-0.3, -0.25) is 0 Å². The maximum atomic E-state index is 11.7. The van der Waals surface area contributed by atoms with Crippen molar-refractivity contribution in [3.05, 3.63) is 29.0 Å². The summed E-state index contributed by atoms with van der Waals surface area (Å²) < 4.78 is 6.67. The Labute approximate surface area is 111 Å². The normalized spacial score (nSPS) is 11.2. The topological polar surface area (TPSA) is 44.1 Å². The molecule has 0 bridgehead atoms. The van der Waals surface area contributed by atoms with E-state index in [1.165, 1.54) is 7.11 Å². The minimum atomic E-state index is -0.374. The molecule has 0 aliphatic heterocycles. The lowest BCUT2D eigenvalue weighted by Gasteiger charge is -2.09. The molecule has 0 spiro atoms. The molecule has 2 aromatic heterocycles. The van der Waals surface area contributed by atoms with Crippen LogP contribution in [0.25, 0.3) is 11.0 Å². The number of nitrogens with zero attached hydrogens (tertiary/aromatic N) is 2. The number of halogens is 1. The number of aromatic nitrogens is 2. The first kappa shape index (κ1) is 12.9. The molecule has 4 nitrogen and oxygen atoms in total. The van der Waals surface area contributed by atoms with E-state index in [-0.39, 0.29) is 5.97 Å². The molecule has 5 heteroatoms. The average molecular weight is 267 g/mol. The molecular weight excluding hydrogens is 252 g/mol. The number of carbonyl (C=O) groups is 1. The SMILES string of the molecule is COC(=O)c1ccnc2c1cc(Cl)n2CC(C)C. The van der Waals surface area contributed by atoms with E-state index in [1.807, 2.05) is 4.57 Å². The Morgan fingerprint density at radius 2 is 2.28 bits per heavy atom. The fraction of sp³-hybridized carbons (Fsp3) is 0.385. The van der Waals surface area contributed by atoms with Crippen LogP contribution in [-0.4, -0.2) is 22.6 Å². The number of rotatable bonds is 3. The number of methoxy groups -OCH3 is 1. The number of esters is 1. The quantitative estimate of drug-likeness (QED) is 0.802. The molecule has 0 aromatic carbocycles. The zero-order valence-corrected chi connectivity index (χ0v) is 11.4. The molecule has 2 aromatic rings. The molecule has 0 aliphatic rings. The molecule has 0 fully saturated rings. The van der Waals surface area contributed by atoms with Crippen LogP contribution in [0.15, 0.2) is 18.3 Å². The molecule has 0 saturated carbocycles. The van der Waals surface area contributed by atoms with E-state index in [0.717, 1.165) is 17.6 Å². The predicted octanol–water partition coefficient (Wildman–Crippen LogP) is 3.13. The number of pyridine rings is 1. The Balaban J connectivity index is 2.63. The van der Waals surface area contributed by atoms with Crippen LogP contribution in [0.4, 0.5) is 0 Å². The van der Waals surface area contributed by atoms with Gasteiger partial charge in [-0.2, -0.15) is 0 Å². The Kier molecular flexibility index (Phi) is 3.57. The minimum Gasteiger partial charge on any atom is -0.465 e. The Morgan fingerprint density at radius 3 is 2.89 bits per heavy atom. The molecule has 0 radical (unpaired) electrons. The van der Waals surface area contributed by atoms with Gasteiger partial charge in [0.05, 0.1) is 12.7 Å². The van der Waals surface area contributed by atoms with E-state index in [1.54, 1.807) is 18.3 Å². The van der Waals surface area contributed by atoms with Crippen molar-refractivity contribution < 1.29 is 9.53 Å². The summed E-state index contributed by atoms with van der Waals surface area (Å²) in [6.45, 7) is 4.97. The molecule has 0 N–H and O–H groups in total. The summed E-state index contributed by atoms with van der Waals surface area (Å²) in [5.74, 6) is 0.0717. The van der Waals surface area contributed by atoms with Crippen molar-refractivity contribution in [3.63, 3.8) is 0 Å². The maximum absolute atomic E-state index is 11.7. The molecule has 0 atom stereocenters. The molecule has 0 saturated heterocycles. The smallest absolute Gasteiger partial charge is 0.338 e. The van der Waals surface area contributed by atoms with Gasteiger partial charge in [0, 0.05) is 18.1 Å². The second kappa shape index (κ2) is 4.98. The summed E-state index contributed by atoms with van der Waals surface area (Å²) in [7, 11) is 1.36. The van der Waals surface area contributed by atoms with Gasteiger partial charge in [0.15, 0.2) is 0 Å². The Bertz CT molecular complexity index is 590. The van der Waals surface area contributed by atoms with Gasteiger partial charge in [0.2, 0.25) is 0 Å². The highest BCUT2D eigenvalue weighted by atomic mass is 35.5. The predicted molar refractivity (Wildman–Crippen MR) is 70.9 cm³/mol. The molecule has 0 aliphatic carbocycles. The third kappa shape index (κ3) is 2.20. The van der Waals surface area contributed by atoms with Gasteiger partial charge in [-0.05, 0) is 18.1 Å². The number of hydrogen-bond acceptors (Lipinski definition) is 3. The third-order valence-corrected chi connectivity index (χ3v) is 3.01. The van der Waals surface area contributed by atoms with Crippen LogP contribution in [0.5, 0.6) is 0 Å². The minimum absolute atomic E-state index is 0.374. The highest BCUT2D eigenvalue weighted by Gasteiger charge is 2.16. The lowest BCUT2D eigenvalue weighted by atomic mass is 10.2. The lowest BCUT2D eigenvalue weighted by Crippen LogP contribution is -2.06. The maximum Gasteiger partial charge on any atom is 0.338 e.